The number of benzene rings is 1. The van der Waals surface area contributed by atoms with E-state index in [0.29, 0.717) is 6.04 Å². The quantitative estimate of drug-likeness (QED) is 0.889. The van der Waals surface area contributed by atoms with E-state index >= 15 is 0 Å². The van der Waals surface area contributed by atoms with Crippen LogP contribution >= 0.6 is 0 Å². The second kappa shape index (κ2) is 7.42. The molecular formula is C17H24N4O. The summed E-state index contributed by atoms with van der Waals surface area (Å²) in [5.74, 6) is 0. The lowest BCUT2D eigenvalue weighted by Crippen LogP contribution is -2.40. The Kier molecular flexibility index (Phi) is 5.08. The maximum atomic E-state index is 5.15. The van der Waals surface area contributed by atoms with Crippen molar-refractivity contribution >= 4 is 5.69 Å². The van der Waals surface area contributed by atoms with Crippen LogP contribution in [0.15, 0.2) is 43.0 Å². The maximum absolute atomic E-state index is 5.15. The highest BCUT2D eigenvalue weighted by Gasteiger charge is 2.18. The Labute approximate surface area is 131 Å². The lowest BCUT2D eigenvalue weighted by Gasteiger charge is -2.32. The first-order valence-electron chi connectivity index (χ1n) is 7.91. The van der Waals surface area contributed by atoms with Crippen molar-refractivity contribution in [3.05, 3.63) is 43.0 Å². The number of piperidine rings is 1. The highest BCUT2D eigenvalue weighted by molar-refractivity contribution is 5.49. The third-order valence-corrected chi connectivity index (χ3v) is 4.24. The normalized spacial score (nSPS) is 16.8. The standard InChI is InChI=1S/C17H24N4O/c1-22-13-12-20-9-6-16(7-10-20)19-15-2-4-17(5-3-15)21-11-8-18-14-21/h2-5,8,11,14,16,19H,6-7,9-10,12-13H2,1H3. The number of rotatable bonds is 6. The molecule has 0 unspecified atom stereocenters. The Morgan fingerprint density at radius 3 is 2.64 bits per heavy atom. The summed E-state index contributed by atoms with van der Waals surface area (Å²) in [6.45, 7) is 4.17. The van der Waals surface area contributed by atoms with E-state index in [4.69, 9.17) is 4.74 Å². The van der Waals surface area contributed by atoms with Crippen LogP contribution in [0.1, 0.15) is 12.8 Å². The summed E-state index contributed by atoms with van der Waals surface area (Å²) in [6.07, 6.45) is 7.94. The van der Waals surface area contributed by atoms with Crippen molar-refractivity contribution in [2.75, 3.05) is 38.7 Å². The van der Waals surface area contributed by atoms with Crippen molar-refractivity contribution in [1.29, 1.82) is 0 Å². The minimum absolute atomic E-state index is 0.567. The summed E-state index contributed by atoms with van der Waals surface area (Å²) in [7, 11) is 1.77. The molecule has 1 aromatic heterocycles. The highest BCUT2D eigenvalue weighted by atomic mass is 16.5. The first-order chi connectivity index (χ1) is 10.8. The first kappa shape index (κ1) is 15.1. The van der Waals surface area contributed by atoms with Crippen LogP contribution in [0, 0.1) is 0 Å². The number of likely N-dealkylation sites (tertiary alicyclic amines) is 1. The van der Waals surface area contributed by atoms with Gasteiger partial charge in [-0.2, -0.15) is 0 Å². The van der Waals surface area contributed by atoms with Gasteiger partial charge in [0.25, 0.3) is 0 Å². The van der Waals surface area contributed by atoms with Gasteiger partial charge in [0.2, 0.25) is 0 Å². The van der Waals surface area contributed by atoms with Gasteiger partial charge in [-0.3, -0.25) is 0 Å². The van der Waals surface area contributed by atoms with Gasteiger partial charge in [-0.1, -0.05) is 0 Å². The van der Waals surface area contributed by atoms with Gasteiger partial charge < -0.3 is 19.5 Å². The molecule has 22 heavy (non-hydrogen) atoms. The van der Waals surface area contributed by atoms with E-state index in [2.05, 4.69) is 39.5 Å². The van der Waals surface area contributed by atoms with Gasteiger partial charge in [0.05, 0.1) is 12.9 Å². The molecule has 1 saturated heterocycles. The number of ether oxygens (including phenoxy) is 1. The number of methoxy groups -OCH3 is 1. The molecule has 0 atom stereocenters. The van der Waals surface area contributed by atoms with Crippen LogP contribution < -0.4 is 5.32 Å². The molecule has 2 aromatic rings. The van der Waals surface area contributed by atoms with Gasteiger partial charge in [0.15, 0.2) is 0 Å². The van der Waals surface area contributed by atoms with Crippen molar-refractivity contribution < 1.29 is 4.74 Å². The summed E-state index contributed by atoms with van der Waals surface area (Å²) in [5.41, 5.74) is 2.33. The Hall–Kier alpha value is -1.85. The van der Waals surface area contributed by atoms with Crippen LogP contribution in [-0.2, 0) is 4.74 Å². The lowest BCUT2D eigenvalue weighted by atomic mass is 10.0. The van der Waals surface area contributed by atoms with E-state index in [1.807, 2.05) is 17.1 Å². The molecule has 0 saturated carbocycles. The third kappa shape index (κ3) is 3.87. The van der Waals surface area contributed by atoms with E-state index in [0.717, 1.165) is 31.9 Å². The molecule has 3 rings (SSSR count). The number of imidazole rings is 1. The lowest BCUT2D eigenvalue weighted by molar-refractivity contribution is 0.132. The SMILES string of the molecule is COCCN1CCC(Nc2ccc(-n3ccnc3)cc2)CC1. The molecule has 2 heterocycles. The van der Waals surface area contributed by atoms with Gasteiger partial charge in [0.1, 0.15) is 0 Å². The average molecular weight is 300 g/mol. The molecule has 1 aromatic carbocycles. The summed E-state index contributed by atoms with van der Waals surface area (Å²) in [4.78, 5) is 6.55. The zero-order valence-corrected chi connectivity index (χ0v) is 13.1. The third-order valence-electron chi connectivity index (χ3n) is 4.24. The minimum atomic E-state index is 0.567. The molecule has 0 spiro atoms. The summed E-state index contributed by atoms with van der Waals surface area (Å²) >= 11 is 0. The smallest absolute Gasteiger partial charge is 0.0991 e. The molecule has 0 amide bonds. The van der Waals surface area contributed by atoms with Crippen molar-refractivity contribution in [3.63, 3.8) is 0 Å². The Bertz CT molecular complexity index is 545. The van der Waals surface area contributed by atoms with Gasteiger partial charge in [-0.25, -0.2) is 4.98 Å². The van der Waals surface area contributed by atoms with E-state index < -0.39 is 0 Å². The Balaban J connectivity index is 1.50. The van der Waals surface area contributed by atoms with Crippen LogP contribution in [0.4, 0.5) is 5.69 Å². The molecule has 0 aliphatic carbocycles. The molecule has 118 valence electrons. The maximum Gasteiger partial charge on any atom is 0.0991 e. The zero-order chi connectivity index (χ0) is 15.2. The molecule has 1 fully saturated rings. The van der Waals surface area contributed by atoms with Gasteiger partial charge in [-0.05, 0) is 37.1 Å². The molecule has 1 aliphatic heterocycles. The number of hydrogen-bond acceptors (Lipinski definition) is 4. The number of aromatic nitrogens is 2. The van der Waals surface area contributed by atoms with E-state index in [9.17, 15) is 0 Å². The number of hydrogen-bond donors (Lipinski definition) is 1. The Morgan fingerprint density at radius 2 is 2.00 bits per heavy atom. The van der Waals surface area contributed by atoms with Gasteiger partial charge in [-0.15, -0.1) is 0 Å². The average Bonchev–Trinajstić information content (AvgIpc) is 3.09. The monoisotopic (exact) mass is 300 g/mol. The molecular weight excluding hydrogens is 276 g/mol. The molecule has 1 N–H and O–H groups in total. The van der Waals surface area contributed by atoms with Crippen molar-refractivity contribution in [2.45, 2.75) is 18.9 Å². The fourth-order valence-corrected chi connectivity index (χ4v) is 2.90. The molecule has 0 bridgehead atoms. The van der Waals surface area contributed by atoms with Crippen LogP contribution in [-0.4, -0.2) is 53.8 Å². The highest BCUT2D eigenvalue weighted by Crippen LogP contribution is 2.18. The molecule has 5 heteroatoms. The number of nitrogens with one attached hydrogen (secondary N) is 1. The number of nitrogens with zero attached hydrogens (tertiary/aromatic N) is 3. The van der Waals surface area contributed by atoms with Crippen molar-refractivity contribution in [2.24, 2.45) is 0 Å². The summed E-state index contributed by atoms with van der Waals surface area (Å²) < 4.78 is 7.16. The molecule has 0 radical (unpaired) electrons. The fourth-order valence-electron chi connectivity index (χ4n) is 2.90. The predicted molar refractivity (Wildman–Crippen MR) is 88.5 cm³/mol. The van der Waals surface area contributed by atoms with Crippen molar-refractivity contribution in [3.8, 4) is 5.69 Å². The first-order valence-corrected chi connectivity index (χ1v) is 7.91. The van der Waals surface area contributed by atoms with E-state index in [1.54, 1.807) is 13.3 Å². The van der Waals surface area contributed by atoms with Gasteiger partial charge in [0, 0.05) is 56.6 Å². The summed E-state index contributed by atoms with van der Waals surface area (Å²) in [5, 5.41) is 3.65. The van der Waals surface area contributed by atoms with Crippen LogP contribution in [0.2, 0.25) is 0 Å². The topological polar surface area (TPSA) is 42.3 Å². The van der Waals surface area contributed by atoms with Gasteiger partial charge >= 0.3 is 0 Å². The summed E-state index contributed by atoms with van der Waals surface area (Å²) in [6, 6.07) is 9.10. The zero-order valence-electron chi connectivity index (χ0n) is 13.1. The van der Waals surface area contributed by atoms with E-state index in [-0.39, 0.29) is 0 Å². The fraction of sp³-hybridized carbons (Fsp3) is 0.471. The largest absolute Gasteiger partial charge is 0.383 e. The van der Waals surface area contributed by atoms with E-state index in [1.165, 1.54) is 18.5 Å². The number of anilines is 1. The van der Waals surface area contributed by atoms with Crippen LogP contribution in [0.3, 0.4) is 0 Å². The Morgan fingerprint density at radius 1 is 1.23 bits per heavy atom. The van der Waals surface area contributed by atoms with Crippen LogP contribution in [0.25, 0.3) is 5.69 Å². The second-order valence-corrected chi connectivity index (χ2v) is 5.77. The van der Waals surface area contributed by atoms with Crippen LogP contribution in [0.5, 0.6) is 0 Å². The molecule has 5 nitrogen and oxygen atoms in total. The minimum Gasteiger partial charge on any atom is -0.383 e. The predicted octanol–water partition coefficient (Wildman–Crippen LogP) is 2.40. The second-order valence-electron chi connectivity index (χ2n) is 5.77. The molecule has 1 aliphatic rings. The van der Waals surface area contributed by atoms with Crippen molar-refractivity contribution in [1.82, 2.24) is 14.5 Å².